The second-order valence-corrected chi connectivity index (χ2v) is 13.9. The summed E-state index contributed by atoms with van der Waals surface area (Å²) in [6, 6.07) is 7.77. The number of benzene rings is 1. The van der Waals surface area contributed by atoms with Crippen molar-refractivity contribution in [2.24, 2.45) is 5.73 Å². The first-order valence-corrected chi connectivity index (χ1v) is 14.8. The van der Waals surface area contributed by atoms with Crippen molar-refractivity contribution in [3.63, 3.8) is 0 Å². The van der Waals surface area contributed by atoms with Gasteiger partial charge in [0.1, 0.15) is 6.04 Å². The van der Waals surface area contributed by atoms with Crippen molar-refractivity contribution in [1.82, 2.24) is 0 Å². The van der Waals surface area contributed by atoms with Gasteiger partial charge in [-0.2, -0.15) is 0 Å². The van der Waals surface area contributed by atoms with Crippen LogP contribution in [0.5, 0.6) is 5.95 Å². The molecule has 0 bridgehead atoms. The molecule has 13 heteroatoms. The highest BCUT2D eigenvalue weighted by Gasteiger charge is 2.19. The van der Waals surface area contributed by atoms with Crippen molar-refractivity contribution in [3.05, 3.63) is 46.6 Å². The molecule has 1 aromatic carbocycles. The fourth-order valence-corrected chi connectivity index (χ4v) is 8.98. The Hall–Kier alpha value is -0.420. The molecule has 0 unspecified atom stereocenters. The van der Waals surface area contributed by atoms with Crippen molar-refractivity contribution >= 4 is 69.8 Å². The van der Waals surface area contributed by atoms with Gasteiger partial charge >= 0.3 is 5.97 Å². The molecule has 176 valence electrons. The van der Waals surface area contributed by atoms with E-state index in [4.69, 9.17) is 60.0 Å². The Morgan fingerprint density at radius 3 is 2.26 bits per heavy atom. The highest BCUT2D eigenvalue weighted by atomic mass is 35.5. The molecule has 0 saturated heterocycles. The predicted octanol–water partition coefficient (Wildman–Crippen LogP) is 6.48. The van der Waals surface area contributed by atoms with Gasteiger partial charge in [-0.3, -0.25) is 4.79 Å². The predicted molar refractivity (Wildman–Crippen MR) is 134 cm³/mol. The molecule has 31 heavy (non-hydrogen) atoms. The molecule has 7 nitrogen and oxygen atoms in total. The molecule has 0 aliphatic heterocycles. The van der Waals surface area contributed by atoms with Gasteiger partial charge in [0.05, 0.1) is 29.6 Å². The van der Waals surface area contributed by atoms with E-state index in [1.807, 2.05) is 19.9 Å². The third-order valence-corrected chi connectivity index (χ3v) is 10.6. The Morgan fingerprint density at radius 2 is 1.87 bits per heavy atom. The van der Waals surface area contributed by atoms with Crippen LogP contribution in [0.4, 0.5) is 0 Å². The van der Waals surface area contributed by atoms with Crippen LogP contribution in [-0.2, 0) is 25.6 Å². The second-order valence-electron chi connectivity index (χ2n) is 5.33. The van der Waals surface area contributed by atoms with Crippen molar-refractivity contribution in [1.29, 1.82) is 0 Å². The molecule has 0 aliphatic rings. The zero-order valence-electron chi connectivity index (χ0n) is 17.2. The summed E-state index contributed by atoms with van der Waals surface area (Å²) < 4.78 is 15.5. The first-order valence-electron chi connectivity index (χ1n) is 8.87. The van der Waals surface area contributed by atoms with Crippen molar-refractivity contribution < 1.29 is 28.5 Å². The molecule has 2 aromatic rings. The summed E-state index contributed by atoms with van der Waals surface area (Å²) in [5.41, 5.74) is 2.61. The number of thioether (sulfide) groups is 1. The number of carboxylic acids is 1. The summed E-state index contributed by atoms with van der Waals surface area (Å²) in [5.74, 6) is -0.995. The minimum Gasteiger partial charge on any atom is -0.481 e. The fourth-order valence-electron chi connectivity index (χ4n) is 1.44. The van der Waals surface area contributed by atoms with Crippen LogP contribution in [0, 0.1) is 0 Å². The van der Waals surface area contributed by atoms with E-state index in [0.717, 1.165) is 9.98 Å². The Kier molecular flexibility index (Phi) is 16.9. The lowest BCUT2D eigenvalue weighted by atomic mass is 10.4. The number of hydrogen-bond acceptors (Lipinski definition) is 9. The Labute approximate surface area is 205 Å². The fraction of sp³-hybridized carbons (Fsp3) is 0.389. The maximum absolute atomic E-state index is 9.57. The number of hydrogen-bond donors (Lipinski definition) is 3. The van der Waals surface area contributed by atoms with Crippen LogP contribution >= 0.6 is 52.0 Å². The van der Waals surface area contributed by atoms with Crippen LogP contribution in [0.3, 0.4) is 0 Å². The molecular weight excluding hydrogens is 524 g/mol. The third kappa shape index (κ3) is 15.1. The number of aromatic hydroxyl groups is 1. The standard InChI is InChI=1S/C11H15Cl2O2PS3.C4H4O2.C3H7NO2/c1-3-14-16(17,15-4-2)19-8-18-11-7-9(12)5-6-10(11)13;5-4-2-1-3-6-4;1-2(4)3(5)6/h5-7H,3-4,8H2,1-2H3;1-3,5H;2H,4H2,1H3,(H,5,6)/t;;2-/m..0/s1. The first-order chi connectivity index (χ1) is 14.5. The van der Waals surface area contributed by atoms with Crippen LogP contribution in [0.1, 0.15) is 20.8 Å². The second kappa shape index (κ2) is 17.1. The highest BCUT2D eigenvalue weighted by Crippen LogP contribution is 2.62. The normalized spacial score (nSPS) is 11.5. The van der Waals surface area contributed by atoms with Gasteiger partial charge in [0.15, 0.2) is 0 Å². The van der Waals surface area contributed by atoms with Crippen LogP contribution in [-0.4, -0.2) is 40.5 Å². The van der Waals surface area contributed by atoms with Crippen molar-refractivity contribution in [2.45, 2.75) is 31.7 Å². The van der Waals surface area contributed by atoms with Crippen LogP contribution < -0.4 is 5.73 Å². The molecular formula is C18H26Cl2NO6PS3. The summed E-state index contributed by atoms with van der Waals surface area (Å²) in [5, 5.41) is 18.3. The minimum absolute atomic E-state index is 0.0324. The molecule has 1 aromatic heterocycles. The van der Waals surface area contributed by atoms with E-state index >= 15 is 0 Å². The lowest BCUT2D eigenvalue weighted by Crippen LogP contribution is -2.25. The molecule has 0 fully saturated rings. The molecule has 4 N–H and O–H groups in total. The number of rotatable bonds is 9. The first kappa shape index (κ1) is 30.6. The smallest absolute Gasteiger partial charge is 0.320 e. The Morgan fingerprint density at radius 1 is 1.29 bits per heavy atom. The van der Waals surface area contributed by atoms with Gasteiger partial charge < -0.3 is 29.4 Å². The lowest BCUT2D eigenvalue weighted by Gasteiger charge is -2.19. The summed E-state index contributed by atoms with van der Waals surface area (Å²) in [6.45, 7) is 6.38. The molecule has 0 aliphatic carbocycles. The average molecular weight is 550 g/mol. The van der Waals surface area contributed by atoms with Gasteiger partial charge in [0, 0.05) is 16.0 Å². The molecule has 2 rings (SSSR count). The van der Waals surface area contributed by atoms with E-state index in [2.05, 4.69) is 4.42 Å². The molecule has 1 atom stereocenters. The van der Waals surface area contributed by atoms with E-state index in [9.17, 15) is 4.79 Å². The van der Waals surface area contributed by atoms with E-state index in [-0.39, 0.29) is 5.95 Å². The van der Waals surface area contributed by atoms with Crippen LogP contribution in [0.25, 0.3) is 0 Å². The van der Waals surface area contributed by atoms with E-state index in [1.54, 1.807) is 30.0 Å². The zero-order chi connectivity index (χ0) is 23.9. The van der Waals surface area contributed by atoms with Crippen molar-refractivity contribution in [2.75, 3.05) is 18.3 Å². The summed E-state index contributed by atoms with van der Waals surface area (Å²) in [7, 11) is 0. The number of carbonyl (C=O) groups is 1. The molecule has 1 heterocycles. The maximum Gasteiger partial charge on any atom is 0.320 e. The molecule has 0 radical (unpaired) electrons. The highest BCUT2D eigenvalue weighted by molar-refractivity contribution is 8.69. The van der Waals surface area contributed by atoms with Crippen LogP contribution in [0.15, 0.2) is 45.9 Å². The Bertz CT molecular complexity index is 802. The zero-order valence-corrected chi connectivity index (χ0v) is 22.1. The third-order valence-electron chi connectivity index (χ3n) is 2.79. The molecule has 0 saturated carbocycles. The summed E-state index contributed by atoms with van der Waals surface area (Å²) in [4.78, 5) is 10.5. The van der Waals surface area contributed by atoms with E-state index in [0.29, 0.717) is 23.3 Å². The van der Waals surface area contributed by atoms with Gasteiger partial charge in [-0.05, 0) is 56.8 Å². The van der Waals surface area contributed by atoms with Crippen molar-refractivity contribution in [3.8, 4) is 5.95 Å². The number of furan rings is 1. The molecule has 0 amide bonds. The quantitative estimate of drug-likeness (QED) is 0.182. The maximum atomic E-state index is 9.57. The average Bonchev–Trinajstić information content (AvgIpc) is 3.17. The monoisotopic (exact) mass is 549 g/mol. The minimum atomic E-state index is -2.23. The number of aliphatic carboxylic acids is 1. The van der Waals surface area contributed by atoms with Gasteiger partial charge in [0.2, 0.25) is 5.69 Å². The Balaban J connectivity index is 0.000000607. The van der Waals surface area contributed by atoms with E-state index in [1.165, 1.54) is 30.6 Å². The summed E-state index contributed by atoms with van der Waals surface area (Å²) >= 11 is 20.6. The van der Waals surface area contributed by atoms with E-state index < -0.39 is 17.7 Å². The summed E-state index contributed by atoms with van der Waals surface area (Å²) in [6.07, 6.45) is 1.41. The number of nitrogens with two attached hydrogens (primary N) is 1. The van der Waals surface area contributed by atoms with Gasteiger partial charge in [0.25, 0.3) is 5.95 Å². The lowest BCUT2D eigenvalue weighted by molar-refractivity contribution is -0.138. The van der Waals surface area contributed by atoms with Gasteiger partial charge in [-0.25, -0.2) is 0 Å². The largest absolute Gasteiger partial charge is 0.481 e. The van der Waals surface area contributed by atoms with Gasteiger partial charge in [-0.15, -0.1) is 11.8 Å². The SMILES string of the molecule is CCOP(=S)(OCC)SCSc1cc(Cl)ccc1Cl.C[C@H](N)C(=O)O.Oc1ccco1. The van der Waals surface area contributed by atoms with Gasteiger partial charge in [-0.1, -0.05) is 34.6 Å². The number of halogens is 2. The van der Waals surface area contributed by atoms with Crippen LogP contribution in [0.2, 0.25) is 10.0 Å². The molecule has 0 spiro atoms. The number of carboxylic acid groups (broad SMARTS) is 1. The topological polar surface area (TPSA) is 115 Å².